The largest absolute Gasteiger partial charge is 0.0622 e. The fourth-order valence-corrected chi connectivity index (χ4v) is 2.05. The van der Waals surface area contributed by atoms with Gasteiger partial charge in [0, 0.05) is 0 Å². The first-order valence-electron chi connectivity index (χ1n) is 5.22. The highest BCUT2D eigenvalue weighted by Crippen LogP contribution is 2.53. The van der Waals surface area contributed by atoms with Crippen LogP contribution in [0, 0.1) is 11.3 Å². The first-order valence-corrected chi connectivity index (χ1v) is 5.22. The normalized spacial score (nSPS) is 24.3. The minimum atomic E-state index is 0.648. The maximum absolute atomic E-state index is 2.38. The third-order valence-corrected chi connectivity index (χ3v) is 3.34. The van der Waals surface area contributed by atoms with Crippen molar-refractivity contribution >= 4 is 0 Å². The van der Waals surface area contributed by atoms with Gasteiger partial charge in [-0.05, 0) is 36.2 Å². The van der Waals surface area contributed by atoms with Gasteiger partial charge in [0.2, 0.25) is 0 Å². The highest BCUT2D eigenvalue weighted by atomic mass is 14.5. The molecule has 1 aromatic rings. The van der Waals surface area contributed by atoms with Gasteiger partial charge in [0.1, 0.15) is 0 Å². The minimum Gasteiger partial charge on any atom is -0.0622 e. The van der Waals surface area contributed by atoms with Gasteiger partial charge in [-0.15, -0.1) is 0 Å². The summed E-state index contributed by atoms with van der Waals surface area (Å²) in [6.07, 6.45) is 4.06. The van der Waals surface area contributed by atoms with Crippen LogP contribution in [-0.4, -0.2) is 0 Å². The van der Waals surface area contributed by atoms with Crippen LogP contribution in [0.2, 0.25) is 0 Å². The topological polar surface area (TPSA) is 0 Å². The summed E-state index contributed by atoms with van der Waals surface area (Å²) in [5, 5.41) is 0. The second kappa shape index (κ2) is 3.17. The monoisotopic (exact) mass is 174 g/mol. The summed E-state index contributed by atoms with van der Waals surface area (Å²) in [5.74, 6) is 0.979. The fourth-order valence-electron chi connectivity index (χ4n) is 2.05. The first kappa shape index (κ1) is 8.80. The molecular formula is C13H18. The van der Waals surface area contributed by atoms with Crippen LogP contribution in [0.1, 0.15) is 32.3 Å². The predicted octanol–water partition coefficient (Wildman–Crippen LogP) is 3.67. The van der Waals surface area contributed by atoms with Crippen LogP contribution < -0.4 is 0 Å². The van der Waals surface area contributed by atoms with E-state index in [1.54, 1.807) is 0 Å². The number of hydrogen-bond donors (Lipinski definition) is 0. The zero-order valence-electron chi connectivity index (χ0n) is 8.59. The Hall–Kier alpha value is -0.780. The lowest BCUT2D eigenvalue weighted by atomic mass is 10.0. The van der Waals surface area contributed by atoms with Gasteiger partial charge in [0.15, 0.2) is 0 Å². The van der Waals surface area contributed by atoms with Crippen LogP contribution in [0.5, 0.6) is 0 Å². The van der Waals surface area contributed by atoms with Crippen LogP contribution in [0.15, 0.2) is 30.3 Å². The van der Waals surface area contributed by atoms with Crippen molar-refractivity contribution in [3.8, 4) is 0 Å². The lowest BCUT2D eigenvalue weighted by molar-refractivity contribution is 0.533. The van der Waals surface area contributed by atoms with Crippen molar-refractivity contribution in [3.63, 3.8) is 0 Å². The number of aryl methyl sites for hydroxylation is 1. The van der Waals surface area contributed by atoms with Gasteiger partial charge in [0.25, 0.3) is 0 Å². The molecule has 2 rings (SSSR count). The lowest BCUT2D eigenvalue weighted by Crippen LogP contribution is -1.92. The second-order valence-corrected chi connectivity index (χ2v) is 4.91. The van der Waals surface area contributed by atoms with E-state index in [1.807, 2.05) is 0 Å². The van der Waals surface area contributed by atoms with Crippen LogP contribution >= 0.6 is 0 Å². The molecule has 0 N–H and O–H groups in total. The van der Waals surface area contributed by atoms with E-state index in [9.17, 15) is 0 Å². The van der Waals surface area contributed by atoms with E-state index in [-0.39, 0.29) is 0 Å². The molecule has 0 aliphatic heterocycles. The van der Waals surface area contributed by atoms with Gasteiger partial charge < -0.3 is 0 Å². The zero-order valence-corrected chi connectivity index (χ0v) is 8.59. The van der Waals surface area contributed by atoms with Crippen molar-refractivity contribution in [1.29, 1.82) is 0 Å². The minimum absolute atomic E-state index is 0.648. The summed E-state index contributed by atoms with van der Waals surface area (Å²) in [5.41, 5.74) is 2.14. The van der Waals surface area contributed by atoms with Crippen molar-refractivity contribution < 1.29 is 0 Å². The Morgan fingerprint density at radius 1 is 1.23 bits per heavy atom. The van der Waals surface area contributed by atoms with E-state index in [0.717, 1.165) is 5.92 Å². The van der Waals surface area contributed by atoms with Crippen molar-refractivity contribution in [2.75, 3.05) is 0 Å². The van der Waals surface area contributed by atoms with E-state index in [1.165, 1.54) is 24.8 Å². The van der Waals surface area contributed by atoms with E-state index in [0.29, 0.717) is 5.41 Å². The lowest BCUT2D eigenvalue weighted by Gasteiger charge is -2.03. The molecule has 1 saturated carbocycles. The Labute approximate surface area is 81.0 Å². The predicted molar refractivity (Wildman–Crippen MR) is 56.7 cm³/mol. The molecule has 1 fully saturated rings. The highest BCUT2D eigenvalue weighted by molar-refractivity contribution is 5.15. The molecule has 13 heavy (non-hydrogen) atoms. The maximum Gasteiger partial charge on any atom is -0.0276 e. The molecule has 0 radical (unpaired) electrons. The van der Waals surface area contributed by atoms with Crippen molar-refractivity contribution in [1.82, 2.24) is 0 Å². The van der Waals surface area contributed by atoms with Crippen LogP contribution in [0.25, 0.3) is 0 Å². The molecule has 1 aliphatic rings. The first-order chi connectivity index (χ1) is 6.18. The number of benzene rings is 1. The molecule has 0 amide bonds. The third kappa shape index (κ3) is 2.12. The van der Waals surface area contributed by atoms with E-state index >= 15 is 0 Å². The molecule has 0 nitrogen and oxygen atoms in total. The van der Waals surface area contributed by atoms with Crippen LogP contribution in [0.3, 0.4) is 0 Å². The molecule has 1 unspecified atom stereocenters. The van der Waals surface area contributed by atoms with Crippen LogP contribution in [-0.2, 0) is 6.42 Å². The summed E-state index contributed by atoms with van der Waals surface area (Å²) in [7, 11) is 0. The maximum atomic E-state index is 2.38. The van der Waals surface area contributed by atoms with Gasteiger partial charge in [0.05, 0.1) is 0 Å². The smallest absolute Gasteiger partial charge is 0.0276 e. The van der Waals surface area contributed by atoms with Crippen molar-refractivity contribution in [3.05, 3.63) is 35.9 Å². The van der Waals surface area contributed by atoms with E-state index < -0.39 is 0 Å². The molecule has 0 saturated heterocycles. The van der Waals surface area contributed by atoms with E-state index in [2.05, 4.69) is 44.2 Å². The Morgan fingerprint density at radius 2 is 1.85 bits per heavy atom. The molecule has 0 bridgehead atoms. The number of hydrogen-bond acceptors (Lipinski definition) is 0. The summed E-state index contributed by atoms with van der Waals surface area (Å²) in [6, 6.07) is 10.8. The molecule has 70 valence electrons. The Kier molecular flexibility index (Phi) is 2.15. The summed E-state index contributed by atoms with van der Waals surface area (Å²) in [6.45, 7) is 4.76. The van der Waals surface area contributed by atoms with Gasteiger partial charge in [-0.1, -0.05) is 44.2 Å². The van der Waals surface area contributed by atoms with Crippen molar-refractivity contribution in [2.45, 2.75) is 33.1 Å². The molecule has 1 atom stereocenters. The number of rotatable bonds is 3. The molecule has 1 aliphatic carbocycles. The SMILES string of the molecule is CC1(C)CC1CCc1ccccc1. The van der Waals surface area contributed by atoms with Gasteiger partial charge >= 0.3 is 0 Å². The van der Waals surface area contributed by atoms with Gasteiger partial charge in [-0.2, -0.15) is 0 Å². The summed E-state index contributed by atoms with van der Waals surface area (Å²) >= 11 is 0. The van der Waals surface area contributed by atoms with Gasteiger partial charge in [-0.3, -0.25) is 0 Å². The Balaban J connectivity index is 1.82. The highest BCUT2D eigenvalue weighted by Gasteiger charge is 2.44. The second-order valence-electron chi connectivity index (χ2n) is 4.91. The van der Waals surface area contributed by atoms with E-state index in [4.69, 9.17) is 0 Å². The fraction of sp³-hybridized carbons (Fsp3) is 0.538. The molecule has 0 heteroatoms. The molecule has 0 heterocycles. The van der Waals surface area contributed by atoms with Crippen molar-refractivity contribution in [2.24, 2.45) is 11.3 Å². The Bertz CT molecular complexity index is 271. The average molecular weight is 174 g/mol. The average Bonchev–Trinajstić information content (AvgIpc) is 2.73. The summed E-state index contributed by atoms with van der Waals surface area (Å²) in [4.78, 5) is 0. The molecule has 0 spiro atoms. The quantitative estimate of drug-likeness (QED) is 0.656. The molecular weight excluding hydrogens is 156 g/mol. The molecule has 1 aromatic carbocycles. The zero-order chi connectivity index (χ0) is 9.31. The van der Waals surface area contributed by atoms with Gasteiger partial charge in [-0.25, -0.2) is 0 Å². The molecule has 0 aromatic heterocycles. The van der Waals surface area contributed by atoms with Crippen LogP contribution in [0.4, 0.5) is 0 Å². The standard InChI is InChI=1S/C13H18/c1-13(2)10-12(13)9-8-11-6-4-3-5-7-11/h3-7,12H,8-10H2,1-2H3. The third-order valence-electron chi connectivity index (χ3n) is 3.34. The summed E-state index contributed by atoms with van der Waals surface area (Å²) < 4.78 is 0. The Morgan fingerprint density at radius 3 is 2.38 bits per heavy atom.